The van der Waals surface area contributed by atoms with Crippen LogP contribution in [0.3, 0.4) is 0 Å². The summed E-state index contributed by atoms with van der Waals surface area (Å²) in [6, 6.07) is 7.43. The Balaban J connectivity index is 1.94. The van der Waals surface area contributed by atoms with Crippen LogP contribution in [0.25, 0.3) is 0 Å². The van der Waals surface area contributed by atoms with E-state index in [1.165, 1.54) is 0 Å². The van der Waals surface area contributed by atoms with Crippen LogP contribution in [-0.4, -0.2) is 24.7 Å². The van der Waals surface area contributed by atoms with E-state index in [-0.39, 0.29) is 5.91 Å². The highest BCUT2D eigenvalue weighted by atomic mass is 35.5. The fourth-order valence-corrected chi connectivity index (χ4v) is 2.16. The van der Waals surface area contributed by atoms with Crippen molar-refractivity contribution in [3.8, 4) is 0 Å². The molecule has 0 atom stereocenters. The molecule has 0 bridgehead atoms. The van der Waals surface area contributed by atoms with Gasteiger partial charge in [-0.05, 0) is 24.5 Å². The number of benzene rings is 1. The fourth-order valence-electron chi connectivity index (χ4n) is 1.96. The molecule has 18 heavy (non-hydrogen) atoms. The van der Waals surface area contributed by atoms with E-state index in [9.17, 15) is 4.79 Å². The molecule has 1 aliphatic rings. The molecule has 1 saturated heterocycles. The SMILES string of the molecule is NC1(C(=O)NCc2ccccc2Cl)CCOCC1. The lowest BCUT2D eigenvalue weighted by Gasteiger charge is -2.31. The summed E-state index contributed by atoms with van der Waals surface area (Å²) in [7, 11) is 0. The zero-order chi connectivity index (χ0) is 13.0. The standard InChI is InChI=1S/C13H17ClN2O2/c14-11-4-2-1-3-10(11)9-16-12(17)13(15)5-7-18-8-6-13/h1-4H,5-9,15H2,(H,16,17). The number of carbonyl (C=O) groups is 1. The van der Waals surface area contributed by atoms with Crippen molar-refractivity contribution in [1.29, 1.82) is 0 Å². The first-order chi connectivity index (χ1) is 8.62. The molecular weight excluding hydrogens is 252 g/mol. The van der Waals surface area contributed by atoms with Crippen LogP contribution in [0.5, 0.6) is 0 Å². The van der Waals surface area contributed by atoms with Gasteiger partial charge in [-0.1, -0.05) is 29.8 Å². The van der Waals surface area contributed by atoms with E-state index in [4.69, 9.17) is 22.1 Å². The average molecular weight is 269 g/mol. The maximum atomic E-state index is 12.1. The summed E-state index contributed by atoms with van der Waals surface area (Å²) in [5.74, 6) is -0.134. The summed E-state index contributed by atoms with van der Waals surface area (Å²) in [5.41, 5.74) is 6.17. The van der Waals surface area contributed by atoms with Crippen molar-refractivity contribution in [3.63, 3.8) is 0 Å². The monoisotopic (exact) mass is 268 g/mol. The van der Waals surface area contributed by atoms with E-state index in [2.05, 4.69) is 5.32 Å². The first-order valence-corrected chi connectivity index (χ1v) is 6.38. The quantitative estimate of drug-likeness (QED) is 0.872. The van der Waals surface area contributed by atoms with E-state index >= 15 is 0 Å². The maximum Gasteiger partial charge on any atom is 0.240 e. The van der Waals surface area contributed by atoms with Crippen LogP contribution < -0.4 is 11.1 Å². The lowest BCUT2D eigenvalue weighted by atomic mass is 9.90. The van der Waals surface area contributed by atoms with Gasteiger partial charge in [0.15, 0.2) is 0 Å². The van der Waals surface area contributed by atoms with Crippen LogP contribution in [0.2, 0.25) is 5.02 Å². The lowest BCUT2D eigenvalue weighted by molar-refractivity contribution is -0.129. The number of ether oxygens (including phenoxy) is 1. The van der Waals surface area contributed by atoms with Gasteiger partial charge in [-0.25, -0.2) is 0 Å². The predicted molar refractivity (Wildman–Crippen MR) is 70.3 cm³/mol. The largest absolute Gasteiger partial charge is 0.381 e. The van der Waals surface area contributed by atoms with Crippen LogP contribution in [0.1, 0.15) is 18.4 Å². The number of nitrogens with two attached hydrogens (primary N) is 1. The summed E-state index contributed by atoms with van der Waals surface area (Å²) in [4.78, 5) is 12.1. The van der Waals surface area contributed by atoms with Crippen molar-refractivity contribution in [1.82, 2.24) is 5.32 Å². The number of nitrogens with one attached hydrogen (secondary N) is 1. The van der Waals surface area contributed by atoms with Crippen LogP contribution in [0.4, 0.5) is 0 Å². The molecule has 0 aliphatic carbocycles. The molecule has 0 unspecified atom stereocenters. The summed E-state index contributed by atoms with van der Waals surface area (Å²) < 4.78 is 5.22. The van der Waals surface area contributed by atoms with Crippen LogP contribution in [-0.2, 0) is 16.1 Å². The summed E-state index contributed by atoms with van der Waals surface area (Å²) in [5, 5.41) is 3.49. The van der Waals surface area contributed by atoms with Crippen molar-refractivity contribution in [2.45, 2.75) is 24.9 Å². The minimum absolute atomic E-state index is 0.134. The van der Waals surface area contributed by atoms with Crippen molar-refractivity contribution in [3.05, 3.63) is 34.9 Å². The van der Waals surface area contributed by atoms with E-state index < -0.39 is 5.54 Å². The molecule has 4 nitrogen and oxygen atoms in total. The first kappa shape index (κ1) is 13.3. The predicted octanol–water partition coefficient (Wildman–Crippen LogP) is 1.46. The molecule has 1 amide bonds. The van der Waals surface area contributed by atoms with Gasteiger partial charge in [-0.3, -0.25) is 4.79 Å². The second-order valence-corrected chi connectivity index (χ2v) is 4.95. The minimum Gasteiger partial charge on any atom is -0.381 e. The second kappa shape index (κ2) is 5.69. The fraction of sp³-hybridized carbons (Fsp3) is 0.462. The van der Waals surface area contributed by atoms with E-state index in [0.29, 0.717) is 37.6 Å². The summed E-state index contributed by atoms with van der Waals surface area (Å²) in [6.45, 7) is 1.48. The Morgan fingerprint density at radius 2 is 2.06 bits per heavy atom. The Morgan fingerprint density at radius 3 is 2.72 bits per heavy atom. The minimum atomic E-state index is -0.806. The molecule has 1 heterocycles. The number of hydrogen-bond donors (Lipinski definition) is 2. The Bertz CT molecular complexity index is 431. The number of carbonyl (C=O) groups excluding carboxylic acids is 1. The molecule has 1 fully saturated rings. The topological polar surface area (TPSA) is 64.4 Å². The normalized spacial score (nSPS) is 18.3. The molecule has 0 spiro atoms. The smallest absolute Gasteiger partial charge is 0.240 e. The first-order valence-electron chi connectivity index (χ1n) is 6.00. The Labute approximate surface area is 111 Å². The van der Waals surface area contributed by atoms with E-state index in [1.54, 1.807) is 6.07 Å². The number of rotatable bonds is 3. The second-order valence-electron chi connectivity index (χ2n) is 4.54. The lowest BCUT2D eigenvalue weighted by Crippen LogP contribution is -2.56. The Morgan fingerprint density at radius 1 is 1.39 bits per heavy atom. The van der Waals surface area contributed by atoms with E-state index in [1.807, 2.05) is 18.2 Å². The van der Waals surface area contributed by atoms with Gasteiger partial charge in [0, 0.05) is 24.8 Å². The van der Waals surface area contributed by atoms with Gasteiger partial charge in [0.25, 0.3) is 0 Å². The zero-order valence-electron chi connectivity index (χ0n) is 10.1. The van der Waals surface area contributed by atoms with Crippen LogP contribution >= 0.6 is 11.6 Å². The highest BCUT2D eigenvalue weighted by Gasteiger charge is 2.35. The number of amides is 1. The maximum absolute atomic E-state index is 12.1. The number of hydrogen-bond acceptors (Lipinski definition) is 3. The molecule has 1 aromatic carbocycles. The molecule has 2 rings (SSSR count). The third kappa shape index (κ3) is 3.02. The van der Waals surface area contributed by atoms with Crippen LogP contribution in [0, 0.1) is 0 Å². The Kier molecular flexibility index (Phi) is 4.22. The molecule has 0 aromatic heterocycles. The van der Waals surface area contributed by atoms with Gasteiger partial charge in [0.05, 0.1) is 5.54 Å². The summed E-state index contributed by atoms with van der Waals surface area (Å²) in [6.07, 6.45) is 1.11. The van der Waals surface area contributed by atoms with E-state index in [0.717, 1.165) is 5.56 Å². The molecule has 5 heteroatoms. The van der Waals surface area contributed by atoms with Crippen LogP contribution in [0.15, 0.2) is 24.3 Å². The molecule has 1 aliphatic heterocycles. The highest BCUT2D eigenvalue weighted by molar-refractivity contribution is 6.31. The third-order valence-corrected chi connectivity index (χ3v) is 3.60. The van der Waals surface area contributed by atoms with Gasteiger partial charge in [0.1, 0.15) is 0 Å². The van der Waals surface area contributed by atoms with Gasteiger partial charge in [-0.15, -0.1) is 0 Å². The molecule has 1 aromatic rings. The van der Waals surface area contributed by atoms with Gasteiger partial charge in [-0.2, -0.15) is 0 Å². The third-order valence-electron chi connectivity index (χ3n) is 3.23. The molecule has 98 valence electrons. The van der Waals surface area contributed by atoms with Crippen molar-refractivity contribution < 1.29 is 9.53 Å². The summed E-state index contributed by atoms with van der Waals surface area (Å²) >= 11 is 6.03. The Hall–Kier alpha value is -1.10. The number of halogens is 1. The van der Waals surface area contributed by atoms with Crippen molar-refractivity contribution in [2.24, 2.45) is 5.73 Å². The molecule has 0 radical (unpaired) electrons. The zero-order valence-corrected chi connectivity index (χ0v) is 10.9. The molecule has 3 N–H and O–H groups in total. The average Bonchev–Trinajstić information content (AvgIpc) is 2.38. The van der Waals surface area contributed by atoms with Gasteiger partial charge in [0.2, 0.25) is 5.91 Å². The van der Waals surface area contributed by atoms with Gasteiger partial charge >= 0.3 is 0 Å². The highest BCUT2D eigenvalue weighted by Crippen LogP contribution is 2.19. The molecule has 0 saturated carbocycles. The van der Waals surface area contributed by atoms with Crippen molar-refractivity contribution in [2.75, 3.05) is 13.2 Å². The van der Waals surface area contributed by atoms with Crippen molar-refractivity contribution >= 4 is 17.5 Å². The molecular formula is C13H17ClN2O2. The van der Waals surface area contributed by atoms with Gasteiger partial charge < -0.3 is 15.8 Å².